The smallest absolute Gasteiger partial charge is 0.207 e. The third kappa shape index (κ3) is 3.64. The predicted molar refractivity (Wildman–Crippen MR) is 150 cm³/mol. The van der Waals surface area contributed by atoms with E-state index in [0.29, 0.717) is 23.9 Å². The zero-order valence-corrected chi connectivity index (χ0v) is 22.0. The highest BCUT2D eigenvalue weighted by Gasteiger charge is 2.47. The van der Waals surface area contributed by atoms with E-state index in [-0.39, 0.29) is 29.5 Å². The monoisotopic (exact) mass is 532 g/mol. The van der Waals surface area contributed by atoms with E-state index in [0.717, 1.165) is 33.5 Å². The number of allylic oxidation sites excluding steroid dienone is 1. The summed E-state index contributed by atoms with van der Waals surface area (Å²) in [5, 5.41) is 0. The second-order valence-corrected chi connectivity index (χ2v) is 10.7. The largest absolute Gasteiger partial charge is 0.249 e. The van der Waals surface area contributed by atoms with E-state index < -0.39 is 17.5 Å². The summed E-state index contributed by atoms with van der Waals surface area (Å²) in [6.07, 6.45) is 4.78. The molecule has 5 aromatic rings. The van der Waals surface area contributed by atoms with Crippen molar-refractivity contribution >= 4 is 5.70 Å². The summed E-state index contributed by atoms with van der Waals surface area (Å²) >= 11 is 0. The zero-order chi connectivity index (χ0) is 27.5. The Labute approximate surface area is 231 Å². The highest BCUT2D eigenvalue weighted by atomic mass is 19.2. The van der Waals surface area contributed by atoms with Gasteiger partial charge < -0.3 is 0 Å². The van der Waals surface area contributed by atoms with Crippen molar-refractivity contribution in [2.45, 2.75) is 31.7 Å². The Bertz CT molecular complexity index is 1830. The molecule has 0 saturated carbocycles. The van der Waals surface area contributed by atoms with Crippen LogP contribution >= 0.6 is 0 Å². The van der Waals surface area contributed by atoms with Crippen molar-refractivity contribution in [1.29, 1.82) is 0 Å². The first-order valence-corrected chi connectivity index (χ1v) is 13.5. The van der Waals surface area contributed by atoms with Crippen LogP contribution in [0.5, 0.6) is 0 Å². The normalized spacial score (nSPS) is 17.4. The molecule has 0 amide bonds. The Kier molecular flexibility index (Phi) is 5.70. The second-order valence-electron chi connectivity index (χ2n) is 10.7. The maximum Gasteiger partial charge on any atom is 0.249 e. The second kappa shape index (κ2) is 9.30. The van der Waals surface area contributed by atoms with Crippen LogP contribution in [0.25, 0.3) is 39.3 Å². The van der Waals surface area contributed by atoms with Crippen LogP contribution in [-0.4, -0.2) is 0 Å². The lowest BCUT2D eigenvalue weighted by molar-refractivity contribution is -0.727. The molecule has 0 fully saturated rings. The summed E-state index contributed by atoms with van der Waals surface area (Å²) in [5.74, 6) is -3.03. The molecule has 2 aromatic heterocycles. The Morgan fingerprint density at radius 1 is 0.800 bits per heavy atom. The SMILES string of the molecule is C=C1C2C(CCc3c(F)cc(F)c(F)c3-c3cc(C)c(-c4ccccc4)c[n+]31)c1ccccc1-c1cccc[n+]12. The molecule has 2 unspecified atom stereocenters. The quantitative estimate of drug-likeness (QED) is 0.154. The van der Waals surface area contributed by atoms with Gasteiger partial charge in [-0.25, -0.2) is 13.2 Å². The molecule has 0 bridgehead atoms. The fourth-order valence-corrected chi connectivity index (χ4v) is 6.64. The van der Waals surface area contributed by atoms with Gasteiger partial charge in [0.05, 0.1) is 11.5 Å². The van der Waals surface area contributed by atoms with Gasteiger partial charge in [-0.3, -0.25) is 0 Å². The topological polar surface area (TPSA) is 7.76 Å². The maximum atomic E-state index is 15.7. The van der Waals surface area contributed by atoms with E-state index in [9.17, 15) is 4.39 Å². The van der Waals surface area contributed by atoms with Crippen molar-refractivity contribution in [3.63, 3.8) is 0 Å². The molecule has 2 nitrogen and oxygen atoms in total. The molecule has 4 heterocycles. The Hall–Kier alpha value is -4.51. The summed E-state index contributed by atoms with van der Waals surface area (Å²) in [5.41, 5.74) is 7.37. The summed E-state index contributed by atoms with van der Waals surface area (Å²) in [6.45, 7) is 6.54. The van der Waals surface area contributed by atoms with E-state index in [1.165, 1.54) is 0 Å². The molecule has 0 spiro atoms. The third-order valence-corrected chi connectivity index (χ3v) is 8.47. The van der Waals surface area contributed by atoms with Gasteiger partial charge in [0.2, 0.25) is 23.1 Å². The molecule has 2 aliphatic rings. The molecule has 0 aliphatic carbocycles. The van der Waals surface area contributed by atoms with E-state index in [1.807, 2.05) is 84.5 Å². The van der Waals surface area contributed by atoms with Gasteiger partial charge >= 0.3 is 0 Å². The molecule has 2 atom stereocenters. The van der Waals surface area contributed by atoms with E-state index in [2.05, 4.69) is 29.3 Å². The number of nitrogens with zero attached hydrogens (tertiary/aromatic N) is 2. The first kappa shape index (κ1) is 24.5. The highest BCUT2D eigenvalue weighted by Crippen LogP contribution is 2.45. The fraction of sp³-hybridized carbons (Fsp3) is 0.143. The van der Waals surface area contributed by atoms with E-state index in [1.54, 1.807) is 0 Å². The number of aryl methyl sites for hydroxylation is 1. The van der Waals surface area contributed by atoms with Gasteiger partial charge in [-0.15, -0.1) is 0 Å². The van der Waals surface area contributed by atoms with E-state index in [4.69, 9.17) is 0 Å². The minimum Gasteiger partial charge on any atom is -0.207 e. The van der Waals surface area contributed by atoms with Crippen LogP contribution < -0.4 is 9.13 Å². The molecule has 0 radical (unpaired) electrons. The molecular formula is C35H27F3N2+2. The Morgan fingerprint density at radius 2 is 1.55 bits per heavy atom. The molecule has 40 heavy (non-hydrogen) atoms. The Morgan fingerprint density at radius 3 is 2.38 bits per heavy atom. The van der Waals surface area contributed by atoms with Gasteiger partial charge in [-0.05, 0) is 55.2 Å². The van der Waals surface area contributed by atoms with Crippen molar-refractivity contribution in [3.8, 4) is 33.6 Å². The number of pyridine rings is 2. The van der Waals surface area contributed by atoms with Gasteiger partial charge in [0, 0.05) is 41.0 Å². The lowest BCUT2D eigenvalue weighted by Crippen LogP contribution is -2.53. The van der Waals surface area contributed by atoms with Crippen molar-refractivity contribution in [2.75, 3.05) is 0 Å². The van der Waals surface area contributed by atoms with E-state index >= 15 is 8.78 Å². The minimum absolute atomic E-state index is 0.0356. The third-order valence-electron chi connectivity index (χ3n) is 8.47. The molecule has 5 heteroatoms. The van der Waals surface area contributed by atoms with Gasteiger partial charge in [-0.1, -0.05) is 48.5 Å². The van der Waals surface area contributed by atoms with Crippen LogP contribution in [0.4, 0.5) is 13.2 Å². The van der Waals surface area contributed by atoms with Crippen LogP contribution in [0.15, 0.2) is 104 Å². The van der Waals surface area contributed by atoms with Gasteiger partial charge in [-0.2, -0.15) is 9.13 Å². The highest BCUT2D eigenvalue weighted by molar-refractivity contribution is 5.72. The van der Waals surface area contributed by atoms with Gasteiger partial charge in [0.15, 0.2) is 24.0 Å². The average Bonchev–Trinajstić information content (AvgIpc) is 3.02. The van der Waals surface area contributed by atoms with Crippen molar-refractivity contribution in [2.24, 2.45) is 0 Å². The number of hydrogen-bond acceptors (Lipinski definition) is 0. The van der Waals surface area contributed by atoms with Crippen LogP contribution in [0.2, 0.25) is 0 Å². The van der Waals surface area contributed by atoms with Crippen molar-refractivity contribution in [1.82, 2.24) is 0 Å². The fourth-order valence-electron chi connectivity index (χ4n) is 6.64. The lowest BCUT2D eigenvalue weighted by atomic mass is 9.78. The van der Waals surface area contributed by atoms with Crippen molar-refractivity contribution in [3.05, 3.63) is 138 Å². The van der Waals surface area contributed by atoms with Crippen molar-refractivity contribution < 1.29 is 22.3 Å². The van der Waals surface area contributed by atoms with Crippen LogP contribution in [-0.2, 0) is 6.42 Å². The minimum atomic E-state index is -1.19. The summed E-state index contributed by atoms with van der Waals surface area (Å²) in [4.78, 5) is 0. The van der Waals surface area contributed by atoms with Gasteiger partial charge in [0.25, 0.3) is 0 Å². The number of rotatable bonds is 1. The number of benzene rings is 3. The first-order chi connectivity index (χ1) is 19.4. The zero-order valence-electron chi connectivity index (χ0n) is 22.0. The predicted octanol–water partition coefficient (Wildman–Crippen LogP) is 7.74. The number of aromatic nitrogens is 2. The van der Waals surface area contributed by atoms with Crippen LogP contribution in [0, 0.1) is 24.4 Å². The summed E-state index contributed by atoms with van der Waals surface area (Å²) < 4.78 is 50.1. The number of hydrogen-bond donors (Lipinski definition) is 0. The lowest BCUT2D eigenvalue weighted by Gasteiger charge is -2.29. The molecule has 0 saturated heterocycles. The standard InChI is InChI=1S/C35H27F3N2/c1-21-18-32-33-27(29(36)19-30(37)34(33)38)16-15-26-24-12-6-7-13-25(24)31-14-8-9-17-39(31)35(26)22(2)40(32)20-28(21)23-10-4-3-5-11-23/h3-14,17-20,26,35H,2,15-16H2,1H3/q+2. The molecule has 196 valence electrons. The summed E-state index contributed by atoms with van der Waals surface area (Å²) in [7, 11) is 0. The first-order valence-electron chi connectivity index (χ1n) is 13.5. The van der Waals surface area contributed by atoms with Crippen LogP contribution in [0.1, 0.15) is 35.1 Å². The average molecular weight is 533 g/mol. The van der Waals surface area contributed by atoms with Crippen LogP contribution in [0.3, 0.4) is 0 Å². The molecule has 3 aromatic carbocycles. The molecule has 0 N–H and O–H groups in total. The molecule has 7 rings (SSSR count). The molecular weight excluding hydrogens is 505 g/mol. The maximum absolute atomic E-state index is 15.7. The summed E-state index contributed by atoms with van der Waals surface area (Å²) in [6, 6.07) is 26.6. The Balaban J connectivity index is 1.57. The van der Waals surface area contributed by atoms with Gasteiger partial charge in [0.1, 0.15) is 5.82 Å². The molecule has 2 aliphatic heterocycles. The number of fused-ring (bicyclic) bond motifs is 9. The number of halogens is 3.